The normalized spacial score (nSPS) is 26.9. The average molecular weight is 258 g/mol. The number of aromatic carboxylic acids is 1. The Morgan fingerprint density at radius 2 is 2.16 bits per heavy atom. The van der Waals surface area contributed by atoms with Crippen molar-refractivity contribution in [2.24, 2.45) is 11.8 Å². The first-order valence-electron chi connectivity index (χ1n) is 6.78. The third-order valence-corrected chi connectivity index (χ3v) is 4.60. The fraction of sp³-hybridized carbons (Fsp3) is 0.467. The van der Waals surface area contributed by atoms with Crippen LogP contribution in [0.4, 0.5) is 0 Å². The maximum absolute atomic E-state index is 11.1. The quantitative estimate of drug-likeness (QED) is 0.898. The Labute approximate surface area is 112 Å². The van der Waals surface area contributed by atoms with Crippen LogP contribution in [0.15, 0.2) is 24.5 Å². The van der Waals surface area contributed by atoms with E-state index in [9.17, 15) is 4.79 Å². The topological polar surface area (TPSA) is 55.1 Å². The third kappa shape index (κ3) is 1.91. The molecule has 0 aliphatic heterocycles. The van der Waals surface area contributed by atoms with Crippen LogP contribution in [0.2, 0.25) is 0 Å². The molecular formula is C15H18N2O2. The highest BCUT2D eigenvalue weighted by Crippen LogP contribution is 2.41. The number of carboxylic acids is 1. The van der Waals surface area contributed by atoms with Crippen molar-refractivity contribution in [1.82, 2.24) is 9.55 Å². The number of fused-ring (bicyclic) bond motifs is 1. The van der Waals surface area contributed by atoms with Crippen molar-refractivity contribution in [3.63, 3.8) is 0 Å². The van der Waals surface area contributed by atoms with Gasteiger partial charge in [-0.15, -0.1) is 0 Å². The zero-order valence-corrected chi connectivity index (χ0v) is 11.2. The molecule has 0 amide bonds. The van der Waals surface area contributed by atoms with Gasteiger partial charge in [-0.25, -0.2) is 9.78 Å². The summed E-state index contributed by atoms with van der Waals surface area (Å²) in [6.45, 7) is 4.56. The summed E-state index contributed by atoms with van der Waals surface area (Å²) >= 11 is 0. The summed E-state index contributed by atoms with van der Waals surface area (Å²) in [5.41, 5.74) is 2.13. The standard InChI is InChI=1S/C15H18N2O2/c1-9-3-6-13(10(9)2)17-8-16-12-5-4-11(15(18)19)7-14(12)17/h4-5,7-10,13H,3,6H2,1-2H3,(H,18,19). The number of aromatic nitrogens is 2. The molecule has 0 radical (unpaired) electrons. The van der Waals surface area contributed by atoms with Gasteiger partial charge in [0, 0.05) is 6.04 Å². The lowest BCUT2D eigenvalue weighted by atomic mass is 9.97. The van der Waals surface area contributed by atoms with Gasteiger partial charge >= 0.3 is 5.97 Å². The Hall–Kier alpha value is -1.84. The summed E-state index contributed by atoms with van der Waals surface area (Å²) in [4.78, 5) is 15.5. The molecule has 1 aliphatic rings. The van der Waals surface area contributed by atoms with Gasteiger partial charge in [-0.1, -0.05) is 13.8 Å². The second-order valence-corrected chi connectivity index (χ2v) is 5.64. The first kappa shape index (κ1) is 12.2. The lowest BCUT2D eigenvalue weighted by Crippen LogP contribution is -2.13. The van der Waals surface area contributed by atoms with Crippen molar-refractivity contribution in [1.29, 1.82) is 0 Å². The molecule has 1 aromatic carbocycles. The van der Waals surface area contributed by atoms with E-state index in [1.807, 2.05) is 6.33 Å². The predicted molar refractivity (Wildman–Crippen MR) is 73.3 cm³/mol. The number of imidazole rings is 1. The minimum Gasteiger partial charge on any atom is -0.478 e. The molecule has 4 heteroatoms. The summed E-state index contributed by atoms with van der Waals surface area (Å²) in [6.07, 6.45) is 4.23. The number of rotatable bonds is 2. The van der Waals surface area contributed by atoms with Crippen molar-refractivity contribution in [3.05, 3.63) is 30.1 Å². The molecule has 4 nitrogen and oxygen atoms in total. The van der Waals surface area contributed by atoms with Crippen molar-refractivity contribution < 1.29 is 9.90 Å². The zero-order chi connectivity index (χ0) is 13.6. The number of benzene rings is 1. The van der Waals surface area contributed by atoms with E-state index in [-0.39, 0.29) is 0 Å². The van der Waals surface area contributed by atoms with Crippen LogP contribution >= 0.6 is 0 Å². The van der Waals surface area contributed by atoms with Gasteiger partial charge in [0.05, 0.1) is 22.9 Å². The molecule has 3 atom stereocenters. The second-order valence-electron chi connectivity index (χ2n) is 5.64. The Balaban J connectivity index is 2.09. The summed E-state index contributed by atoms with van der Waals surface area (Å²) < 4.78 is 2.16. The molecular weight excluding hydrogens is 240 g/mol. The van der Waals surface area contributed by atoms with Crippen LogP contribution in [0.1, 0.15) is 43.1 Å². The summed E-state index contributed by atoms with van der Waals surface area (Å²) in [6, 6.07) is 5.57. The fourth-order valence-electron chi connectivity index (χ4n) is 3.15. The van der Waals surface area contributed by atoms with Gasteiger partial charge in [-0.3, -0.25) is 0 Å². The molecule has 1 saturated carbocycles. The predicted octanol–water partition coefficient (Wildman–Crippen LogP) is 3.34. The molecule has 1 heterocycles. The Morgan fingerprint density at radius 1 is 1.37 bits per heavy atom. The van der Waals surface area contributed by atoms with Crippen LogP contribution in [-0.2, 0) is 0 Å². The molecule has 3 rings (SSSR count). The highest BCUT2D eigenvalue weighted by molar-refractivity contribution is 5.92. The van der Waals surface area contributed by atoms with E-state index in [2.05, 4.69) is 23.4 Å². The molecule has 1 aliphatic carbocycles. The molecule has 19 heavy (non-hydrogen) atoms. The largest absolute Gasteiger partial charge is 0.478 e. The molecule has 1 fully saturated rings. The first-order chi connectivity index (χ1) is 9.08. The molecule has 100 valence electrons. The fourth-order valence-corrected chi connectivity index (χ4v) is 3.15. The molecule has 0 bridgehead atoms. The van der Waals surface area contributed by atoms with E-state index in [0.717, 1.165) is 17.5 Å². The lowest BCUT2D eigenvalue weighted by Gasteiger charge is -2.20. The van der Waals surface area contributed by atoms with Crippen LogP contribution < -0.4 is 0 Å². The van der Waals surface area contributed by atoms with Crippen molar-refractivity contribution >= 4 is 17.0 Å². The van der Waals surface area contributed by atoms with E-state index in [4.69, 9.17) is 5.11 Å². The summed E-state index contributed by atoms with van der Waals surface area (Å²) in [7, 11) is 0. The second kappa shape index (κ2) is 4.37. The van der Waals surface area contributed by atoms with Gasteiger partial charge in [0.2, 0.25) is 0 Å². The van der Waals surface area contributed by atoms with E-state index in [1.54, 1.807) is 18.2 Å². The minimum atomic E-state index is -0.887. The molecule has 0 saturated heterocycles. The number of carboxylic acid groups (broad SMARTS) is 1. The highest BCUT2D eigenvalue weighted by Gasteiger charge is 2.31. The number of hydrogen-bond acceptors (Lipinski definition) is 2. The molecule has 3 unspecified atom stereocenters. The Kier molecular flexibility index (Phi) is 2.81. The van der Waals surface area contributed by atoms with Crippen LogP contribution in [0.5, 0.6) is 0 Å². The number of hydrogen-bond donors (Lipinski definition) is 1. The van der Waals surface area contributed by atoms with Crippen LogP contribution in [0.25, 0.3) is 11.0 Å². The van der Waals surface area contributed by atoms with E-state index in [0.29, 0.717) is 23.4 Å². The van der Waals surface area contributed by atoms with E-state index < -0.39 is 5.97 Å². The van der Waals surface area contributed by atoms with Crippen LogP contribution in [-0.4, -0.2) is 20.6 Å². The third-order valence-electron chi connectivity index (χ3n) is 4.60. The number of nitrogens with zero attached hydrogens (tertiary/aromatic N) is 2. The first-order valence-corrected chi connectivity index (χ1v) is 6.78. The summed E-state index contributed by atoms with van der Waals surface area (Å²) in [5, 5.41) is 9.10. The lowest BCUT2D eigenvalue weighted by molar-refractivity contribution is 0.0697. The smallest absolute Gasteiger partial charge is 0.335 e. The van der Waals surface area contributed by atoms with Crippen molar-refractivity contribution in [3.8, 4) is 0 Å². The van der Waals surface area contributed by atoms with E-state index in [1.165, 1.54) is 6.42 Å². The van der Waals surface area contributed by atoms with Gasteiger partial charge in [-0.05, 0) is 42.9 Å². The maximum Gasteiger partial charge on any atom is 0.335 e. The van der Waals surface area contributed by atoms with Crippen molar-refractivity contribution in [2.75, 3.05) is 0 Å². The molecule has 1 N–H and O–H groups in total. The minimum absolute atomic E-state index is 0.327. The highest BCUT2D eigenvalue weighted by atomic mass is 16.4. The zero-order valence-electron chi connectivity index (χ0n) is 11.2. The number of carbonyl (C=O) groups is 1. The SMILES string of the molecule is CC1CCC(n2cnc3ccc(C(=O)O)cc32)C1C. The van der Waals surface area contributed by atoms with Gasteiger partial charge in [0.15, 0.2) is 0 Å². The average Bonchev–Trinajstić information content (AvgIpc) is 2.94. The van der Waals surface area contributed by atoms with E-state index >= 15 is 0 Å². The van der Waals surface area contributed by atoms with Crippen LogP contribution in [0.3, 0.4) is 0 Å². The van der Waals surface area contributed by atoms with Gasteiger partial charge in [0.25, 0.3) is 0 Å². The Bertz CT molecular complexity index is 632. The van der Waals surface area contributed by atoms with Gasteiger partial charge in [-0.2, -0.15) is 0 Å². The summed E-state index contributed by atoms with van der Waals surface area (Å²) in [5.74, 6) is 0.429. The maximum atomic E-state index is 11.1. The van der Waals surface area contributed by atoms with Crippen molar-refractivity contribution in [2.45, 2.75) is 32.7 Å². The molecule has 2 aromatic rings. The van der Waals surface area contributed by atoms with Gasteiger partial charge < -0.3 is 9.67 Å². The van der Waals surface area contributed by atoms with Gasteiger partial charge in [0.1, 0.15) is 0 Å². The Morgan fingerprint density at radius 3 is 2.79 bits per heavy atom. The molecule has 1 aromatic heterocycles. The van der Waals surface area contributed by atoms with Crippen LogP contribution in [0, 0.1) is 11.8 Å². The molecule has 0 spiro atoms. The monoisotopic (exact) mass is 258 g/mol.